The number of anilines is 1. The van der Waals surface area contributed by atoms with Crippen molar-refractivity contribution in [2.45, 2.75) is 11.3 Å². The monoisotopic (exact) mass is 311 g/mol. The summed E-state index contributed by atoms with van der Waals surface area (Å²) in [5, 5.41) is 8.80. The van der Waals surface area contributed by atoms with E-state index >= 15 is 0 Å². The van der Waals surface area contributed by atoms with Gasteiger partial charge in [0, 0.05) is 18.9 Å². The summed E-state index contributed by atoms with van der Waals surface area (Å²) in [5.74, 6) is 0. The number of aromatic nitrogens is 1. The molecule has 0 atom stereocenters. The van der Waals surface area contributed by atoms with Gasteiger partial charge in [-0.25, -0.2) is 13.6 Å². The summed E-state index contributed by atoms with van der Waals surface area (Å²) >= 11 is 5.97. The van der Waals surface area contributed by atoms with Gasteiger partial charge >= 0.3 is 0 Å². The Morgan fingerprint density at radius 2 is 1.90 bits per heavy atom. The van der Waals surface area contributed by atoms with Gasteiger partial charge in [-0.15, -0.1) is 0 Å². The van der Waals surface area contributed by atoms with E-state index in [1.165, 1.54) is 12.1 Å². The first-order valence-electron chi connectivity index (χ1n) is 5.92. The van der Waals surface area contributed by atoms with Crippen LogP contribution in [0.2, 0.25) is 5.02 Å². The Morgan fingerprint density at radius 3 is 2.50 bits per heavy atom. The van der Waals surface area contributed by atoms with Crippen LogP contribution in [0.1, 0.15) is 5.56 Å². The highest BCUT2D eigenvalue weighted by atomic mass is 35.5. The molecule has 0 aliphatic carbocycles. The molecule has 106 valence electrons. The molecule has 5 nitrogen and oxygen atoms in total. The summed E-state index contributed by atoms with van der Waals surface area (Å²) < 4.78 is 22.3. The Bertz CT molecular complexity index is 687. The van der Waals surface area contributed by atoms with Crippen LogP contribution in [0.15, 0.2) is 47.6 Å². The quantitative estimate of drug-likeness (QED) is 0.885. The predicted octanol–water partition coefficient (Wildman–Crippen LogP) is 2.04. The molecule has 0 saturated heterocycles. The molecule has 1 aromatic carbocycles. The molecule has 7 heteroatoms. The van der Waals surface area contributed by atoms with E-state index in [1.54, 1.807) is 30.6 Å². The van der Waals surface area contributed by atoms with Gasteiger partial charge in [-0.2, -0.15) is 0 Å². The summed E-state index contributed by atoms with van der Waals surface area (Å²) in [6.07, 6.45) is 3.98. The summed E-state index contributed by atoms with van der Waals surface area (Å²) in [7, 11) is -3.63. The molecular formula is C13H14ClN3O2S. The van der Waals surface area contributed by atoms with Crippen molar-refractivity contribution in [1.82, 2.24) is 4.98 Å². The molecule has 0 amide bonds. The van der Waals surface area contributed by atoms with E-state index in [0.29, 0.717) is 11.6 Å². The summed E-state index contributed by atoms with van der Waals surface area (Å²) in [4.78, 5) is 4.02. The van der Waals surface area contributed by atoms with Crippen molar-refractivity contribution in [2.75, 3.05) is 11.9 Å². The molecule has 0 fully saturated rings. The Labute approximate surface area is 122 Å². The normalized spacial score (nSPS) is 11.3. The number of nitrogens with two attached hydrogens (primary N) is 1. The molecule has 1 aromatic heterocycles. The van der Waals surface area contributed by atoms with E-state index in [1.807, 2.05) is 0 Å². The largest absolute Gasteiger partial charge is 0.383 e. The van der Waals surface area contributed by atoms with Crippen molar-refractivity contribution in [1.29, 1.82) is 0 Å². The molecule has 2 rings (SSSR count). The van der Waals surface area contributed by atoms with Gasteiger partial charge in [0.2, 0.25) is 10.0 Å². The number of sulfonamides is 1. The topological polar surface area (TPSA) is 85.1 Å². The molecule has 0 aliphatic heterocycles. The molecule has 2 aromatic rings. The van der Waals surface area contributed by atoms with Crippen LogP contribution in [0.4, 0.5) is 5.69 Å². The molecule has 20 heavy (non-hydrogen) atoms. The zero-order valence-electron chi connectivity index (χ0n) is 10.6. The second kappa shape index (κ2) is 6.21. The van der Waals surface area contributed by atoms with Crippen LogP contribution in [0.25, 0.3) is 0 Å². The Kier molecular flexibility index (Phi) is 4.59. The first kappa shape index (κ1) is 14.8. The summed E-state index contributed by atoms with van der Waals surface area (Å²) in [5.41, 5.74) is 1.83. The number of pyridine rings is 1. The van der Waals surface area contributed by atoms with E-state index in [4.69, 9.17) is 16.7 Å². The minimum Gasteiger partial charge on any atom is -0.383 e. The highest BCUT2D eigenvalue weighted by Crippen LogP contribution is 2.19. The fraction of sp³-hybridized carbons (Fsp3) is 0.154. The van der Waals surface area contributed by atoms with Crippen LogP contribution < -0.4 is 10.5 Å². The highest BCUT2D eigenvalue weighted by Gasteiger charge is 2.06. The molecule has 0 saturated carbocycles. The molecule has 1 heterocycles. The fourth-order valence-electron chi connectivity index (χ4n) is 1.71. The van der Waals surface area contributed by atoms with Crippen LogP contribution in [-0.2, 0) is 16.4 Å². The van der Waals surface area contributed by atoms with E-state index in [9.17, 15) is 8.42 Å². The second-order valence-corrected chi connectivity index (χ2v) is 6.19. The number of rotatable bonds is 5. The lowest BCUT2D eigenvalue weighted by Crippen LogP contribution is -2.12. The van der Waals surface area contributed by atoms with Crippen LogP contribution in [0.3, 0.4) is 0 Å². The molecular weight excluding hydrogens is 298 g/mol. The smallest absolute Gasteiger partial charge is 0.238 e. The lowest BCUT2D eigenvalue weighted by molar-refractivity contribution is 0.598. The number of halogens is 1. The van der Waals surface area contributed by atoms with Gasteiger partial charge in [0.1, 0.15) is 0 Å². The third kappa shape index (κ3) is 3.93. The van der Waals surface area contributed by atoms with E-state index in [2.05, 4.69) is 10.3 Å². The van der Waals surface area contributed by atoms with Gasteiger partial charge in [-0.1, -0.05) is 23.7 Å². The average Bonchev–Trinajstić information content (AvgIpc) is 2.40. The minimum atomic E-state index is -3.63. The summed E-state index contributed by atoms with van der Waals surface area (Å²) in [6, 6.07) is 8.30. The molecule has 0 bridgehead atoms. The van der Waals surface area contributed by atoms with Gasteiger partial charge < -0.3 is 5.32 Å². The van der Waals surface area contributed by atoms with Crippen LogP contribution in [0, 0.1) is 0 Å². The maximum atomic E-state index is 11.1. The number of hydrogen-bond donors (Lipinski definition) is 2. The number of hydrogen-bond acceptors (Lipinski definition) is 4. The lowest BCUT2D eigenvalue weighted by atomic mass is 10.1. The second-order valence-electron chi connectivity index (χ2n) is 4.22. The van der Waals surface area contributed by atoms with Crippen molar-refractivity contribution >= 4 is 27.3 Å². The Balaban J connectivity index is 1.94. The van der Waals surface area contributed by atoms with E-state index in [-0.39, 0.29) is 4.90 Å². The number of benzene rings is 1. The Morgan fingerprint density at radius 1 is 1.20 bits per heavy atom. The zero-order valence-corrected chi connectivity index (χ0v) is 12.2. The van der Waals surface area contributed by atoms with Gasteiger partial charge in [0.25, 0.3) is 0 Å². The zero-order chi connectivity index (χ0) is 14.6. The van der Waals surface area contributed by atoms with Gasteiger partial charge in [0.15, 0.2) is 0 Å². The fourth-order valence-corrected chi connectivity index (χ4v) is 2.41. The molecule has 0 radical (unpaired) electrons. The molecule has 0 unspecified atom stereocenters. The third-order valence-electron chi connectivity index (χ3n) is 2.75. The summed E-state index contributed by atoms with van der Waals surface area (Å²) in [6.45, 7) is 0.679. The average molecular weight is 312 g/mol. The molecule has 0 aliphatic rings. The maximum Gasteiger partial charge on any atom is 0.238 e. The number of primary sulfonamides is 1. The van der Waals surface area contributed by atoms with Gasteiger partial charge in [-0.05, 0) is 30.2 Å². The first-order chi connectivity index (χ1) is 9.47. The van der Waals surface area contributed by atoms with E-state index < -0.39 is 10.0 Å². The van der Waals surface area contributed by atoms with Crippen molar-refractivity contribution in [3.8, 4) is 0 Å². The van der Waals surface area contributed by atoms with Crippen LogP contribution >= 0.6 is 11.6 Å². The SMILES string of the molecule is NS(=O)(=O)c1ccc(CCNc2ccncc2Cl)cc1. The number of nitrogens with one attached hydrogen (secondary N) is 1. The maximum absolute atomic E-state index is 11.1. The molecule has 3 N–H and O–H groups in total. The lowest BCUT2D eigenvalue weighted by Gasteiger charge is -2.08. The minimum absolute atomic E-state index is 0.117. The van der Waals surface area contributed by atoms with Gasteiger partial charge in [0.05, 0.1) is 15.6 Å². The Hall–Kier alpha value is -1.63. The van der Waals surface area contributed by atoms with E-state index in [0.717, 1.165) is 17.7 Å². The first-order valence-corrected chi connectivity index (χ1v) is 7.84. The number of nitrogens with zero attached hydrogens (tertiary/aromatic N) is 1. The highest BCUT2D eigenvalue weighted by molar-refractivity contribution is 7.89. The molecule has 0 spiro atoms. The standard InChI is InChI=1S/C13H14ClN3O2S/c14-12-9-16-7-6-13(12)17-8-5-10-1-3-11(4-2-10)20(15,18)19/h1-4,6-7,9H,5,8H2,(H,16,17)(H2,15,18,19). The van der Waals surface area contributed by atoms with Crippen molar-refractivity contribution in [3.05, 3.63) is 53.3 Å². The van der Waals surface area contributed by atoms with Crippen molar-refractivity contribution in [2.24, 2.45) is 5.14 Å². The van der Waals surface area contributed by atoms with Crippen LogP contribution in [0.5, 0.6) is 0 Å². The van der Waals surface area contributed by atoms with Gasteiger partial charge in [-0.3, -0.25) is 4.98 Å². The predicted molar refractivity (Wildman–Crippen MR) is 79.3 cm³/mol. The van der Waals surface area contributed by atoms with Crippen molar-refractivity contribution < 1.29 is 8.42 Å². The van der Waals surface area contributed by atoms with Crippen molar-refractivity contribution in [3.63, 3.8) is 0 Å². The van der Waals surface area contributed by atoms with Crippen LogP contribution in [-0.4, -0.2) is 19.9 Å². The third-order valence-corrected chi connectivity index (χ3v) is 3.98.